The first kappa shape index (κ1) is 25.5. The number of phosphoric acid groups is 1. The first-order chi connectivity index (χ1) is 13.3. The number of hydrogen-bond donors (Lipinski definition) is 2. The number of hydrogen-bond acceptors (Lipinski definition) is 8. The van der Waals surface area contributed by atoms with Crippen LogP contribution in [0.25, 0.3) is 0 Å². The maximum Gasteiger partial charge on any atom is 0.472 e. The molecule has 1 heterocycles. The van der Waals surface area contributed by atoms with Crippen molar-refractivity contribution < 1.29 is 32.1 Å². The summed E-state index contributed by atoms with van der Waals surface area (Å²) in [6, 6.07) is 0. The van der Waals surface area contributed by atoms with Gasteiger partial charge in [-0.1, -0.05) is 0 Å². The van der Waals surface area contributed by atoms with Crippen LogP contribution in [-0.4, -0.2) is 59.1 Å². The molecule has 0 aromatic carbocycles. The number of imidazole rings is 1. The normalized spacial score (nSPS) is 16.6. The van der Waals surface area contributed by atoms with Crippen molar-refractivity contribution in [2.45, 2.75) is 52.4 Å². The van der Waals surface area contributed by atoms with E-state index in [-0.39, 0.29) is 26.4 Å². The lowest BCUT2D eigenvalue weighted by atomic mass is 10.2. The second kappa shape index (κ2) is 12.9. The first-order valence-electron chi connectivity index (χ1n) is 9.49. The number of nitrogens with zero attached hydrogens (tertiary/aromatic N) is 2. The fraction of sp³-hybridized carbons (Fsp3) is 0.812. The standard InChI is InChI=1S/C16H33N3O7P2/c1-5-23-27(20,24-6-2)16(15(4)26-28(21,22)25-7-3)13-17-9-8-11-19-12-10-18-14-19/h10,12,14-17H,5-9,11,13H2,1-4H3,(H,21,22). The highest BCUT2D eigenvalue weighted by molar-refractivity contribution is 7.54. The second-order valence-electron chi connectivity index (χ2n) is 6.00. The molecule has 164 valence electrons. The summed E-state index contributed by atoms with van der Waals surface area (Å²) >= 11 is 0. The van der Waals surface area contributed by atoms with Crippen LogP contribution in [0.1, 0.15) is 34.1 Å². The van der Waals surface area contributed by atoms with Crippen molar-refractivity contribution in [3.8, 4) is 0 Å². The van der Waals surface area contributed by atoms with E-state index in [0.29, 0.717) is 6.54 Å². The molecule has 0 aliphatic rings. The average molecular weight is 441 g/mol. The number of aryl methyl sites for hydroxylation is 1. The molecule has 0 saturated carbocycles. The third-order valence-corrected chi connectivity index (χ3v) is 7.67. The van der Waals surface area contributed by atoms with Crippen LogP contribution in [-0.2, 0) is 33.8 Å². The monoisotopic (exact) mass is 441 g/mol. The van der Waals surface area contributed by atoms with Gasteiger partial charge >= 0.3 is 15.4 Å². The Kier molecular flexibility index (Phi) is 11.7. The molecule has 0 aliphatic carbocycles. The molecule has 3 atom stereocenters. The van der Waals surface area contributed by atoms with Crippen LogP contribution in [0.5, 0.6) is 0 Å². The zero-order valence-electron chi connectivity index (χ0n) is 17.0. The van der Waals surface area contributed by atoms with Gasteiger partial charge in [-0.2, -0.15) is 0 Å². The molecule has 1 aromatic heterocycles. The highest BCUT2D eigenvalue weighted by atomic mass is 31.2. The van der Waals surface area contributed by atoms with Crippen LogP contribution in [0, 0.1) is 0 Å². The molecular weight excluding hydrogens is 408 g/mol. The van der Waals surface area contributed by atoms with E-state index >= 15 is 0 Å². The van der Waals surface area contributed by atoms with Gasteiger partial charge in [0.05, 0.1) is 32.3 Å². The molecule has 10 nitrogen and oxygen atoms in total. The van der Waals surface area contributed by atoms with Crippen molar-refractivity contribution in [1.82, 2.24) is 14.9 Å². The highest BCUT2D eigenvalue weighted by Crippen LogP contribution is 2.56. The maximum atomic E-state index is 13.3. The SMILES string of the molecule is CCOP(=O)(O)OC(C)C(CNCCCn1ccnc1)P(=O)(OCC)OCC. The molecule has 1 aromatic rings. The Balaban J connectivity index is 2.75. The van der Waals surface area contributed by atoms with Crippen molar-refractivity contribution in [2.24, 2.45) is 0 Å². The molecule has 12 heteroatoms. The molecule has 1 rings (SSSR count). The van der Waals surface area contributed by atoms with E-state index in [1.54, 1.807) is 40.2 Å². The topological polar surface area (TPSA) is 121 Å². The fourth-order valence-electron chi connectivity index (χ4n) is 2.65. The smallest absolute Gasteiger partial charge is 0.337 e. The molecule has 0 fully saturated rings. The summed E-state index contributed by atoms with van der Waals surface area (Å²) in [4.78, 5) is 13.8. The molecule has 0 bridgehead atoms. The summed E-state index contributed by atoms with van der Waals surface area (Å²) in [5.74, 6) is 0. The van der Waals surface area contributed by atoms with E-state index in [9.17, 15) is 14.0 Å². The van der Waals surface area contributed by atoms with E-state index in [2.05, 4.69) is 10.3 Å². The summed E-state index contributed by atoms with van der Waals surface area (Å²) in [5, 5.41) is 3.21. The predicted molar refractivity (Wildman–Crippen MR) is 106 cm³/mol. The number of aromatic nitrogens is 2. The lowest BCUT2D eigenvalue weighted by Crippen LogP contribution is -2.37. The van der Waals surface area contributed by atoms with Gasteiger partial charge in [-0.3, -0.25) is 13.6 Å². The van der Waals surface area contributed by atoms with Crippen LogP contribution in [0.2, 0.25) is 0 Å². The minimum Gasteiger partial charge on any atom is -0.337 e. The zero-order valence-corrected chi connectivity index (χ0v) is 18.8. The van der Waals surface area contributed by atoms with Gasteiger partial charge in [-0.25, -0.2) is 9.55 Å². The minimum absolute atomic E-state index is 0.0201. The Hall–Kier alpha value is -0.570. The number of phosphoric ester groups is 1. The van der Waals surface area contributed by atoms with Gasteiger partial charge in [-0.05, 0) is 40.7 Å². The largest absolute Gasteiger partial charge is 0.472 e. The van der Waals surface area contributed by atoms with Crippen LogP contribution in [0.15, 0.2) is 18.7 Å². The molecular formula is C16H33N3O7P2. The highest BCUT2D eigenvalue weighted by Gasteiger charge is 2.42. The Bertz CT molecular complexity index is 620. The lowest BCUT2D eigenvalue weighted by Gasteiger charge is -2.31. The van der Waals surface area contributed by atoms with E-state index in [4.69, 9.17) is 18.1 Å². The van der Waals surface area contributed by atoms with Crippen LogP contribution in [0.4, 0.5) is 0 Å². The summed E-state index contributed by atoms with van der Waals surface area (Å²) < 4.78 is 48.0. The van der Waals surface area contributed by atoms with Gasteiger partial charge in [-0.15, -0.1) is 0 Å². The first-order valence-corrected chi connectivity index (χ1v) is 12.6. The average Bonchev–Trinajstić information content (AvgIpc) is 3.11. The van der Waals surface area contributed by atoms with Gasteiger partial charge in [0, 0.05) is 25.5 Å². The van der Waals surface area contributed by atoms with Gasteiger partial charge in [0.2, 0.25) is 0 Å². The molecule has 0 saturated heterocycles. The van der Waals surface area contributed by atoms with Crippen molar-refractivity contribution in [3.05, 3.63) is 18.7 Å². The minimum atomic E-state index is -4.26. The molecule has 28 heavy (non-hydrogen) atoms. The molecule has 0 aliphatic heterocycles. The molecule has 0 amide bonds. The Labute approximate surface area is 167 Å². The van der Waals surface area contributed by atoms with E-state index in [1.165, 1.54) is 0 Å². The van der Waals surface area contributed by atoms with Gasteiger partial charge < -0.3 is 23.8 Å². The van der Waals surface area contributed by atoms with Crippen molar-refractivity contribution >= 4 is 15.4 Å². The van der Waals surface area contributed by atoms with Gasteiger partial charge in [0.15, 0.2) is 0 Å². The van der Waals surface area contributed by atoms with Crippen LogP contribution < -0.4 is 5.32 Å². The summed E-state index contributed by atoms with van der Waals surface area (Å²) in [6.07, 6.45) is 5.26. The van der Waals surface area contributed by atoms with Gasteiger partial charge in [0.1, 0.15) is 5.66 Å². The predicted octanol–water partition coefficient (Wildman–Crippen LogP) is 3.04. The number of rotatable bonds is 16. The van der Waals surface area contributed by atoms with Crippen LogP contribution in [0.3, 0.4) is 0 Å². The Morgan fingerprint density at radius 1 is 1.14 bits per heavy atom. The van der Waals surface area contributed by atoms with Crippen LogP contribution >= 0.6 is 15.4 Å². The summed E-state index contributed by atoms with van der Waals surface area (Å²) in [6.45, 7) is 8.61. The molecule has 2 N–H and O–H groups in total. The maximum absolute atomic E-state index is 13.3. The van der Waals surface area contributed by atoms with Crippen molar-refractivity contribution in [1.29, 1.82) is 0 Å². The van der Waals surface area contributed by atoms with E-state index < -0.39 is 27.2 Å². The quantitative estimate of drug-likeness (QED) is 0.294. The second-order valence-corrected chi connectivity index (χ2v) is 9.66. The van der Waals surface area contributed by atoms with Crippen molar-refractivity contribution in [2.75, 3.05) is 32.9 Å². The van der Waals surface area contributed by atoms with Gasteiger partial charge in [0.25, 0.3) is 0 Å². The van der Waals surface area contributed by atoms with E-state index in [1.807, 2.05) is 10.8 Å². The number of nitrogens with one attached hydrogen (secondary N) is 1. The molecule has 0 spiro atoms. The Morgan fingerprint density at radius 3 is 2.32 bits per heavy atom. The van der Waals surface area contributed by atoms with E-state index in [0.717, 1.165) is 13.0 Å². The third kappa shape index (κ3) is 8.84. The molecule has 3 unspecified atom stereocenters. The summed E-state index contributed by atoms with van der Waals surface area (Å²) in [5.41, 5.74) is -0.776. The summed E-state index contributed by atoms with van der Waals surface area (Å²) in [7, 11) is -7.84. The lowest BCUT2D eigenvalue weighted by molar-refractivity contribution is 0.104. The Morgan fingerprint density at radius 2 is 1.79 bits per heavy atom. The molecule has 0 radical (unpaired) electrons. The third-order valence-electron chi connectivity index (χ3n) is 3.84. The fourth-order valence-corrected chi connectivity index (χ4v) is 5.81. The van der Waals surface area contributed by atoms with Crippen molar-refractivity contribution in [3.63, 3.8) is 0 Å². The zero-order chi connectivity index (χ0) is 21.0.